The molecule has 1 amide bonds. The molecule has 1 aliphatic rings. The van der Waals surface area contributed by atoms with E-state index >= 15 is 0 Å². The largest absolute Gasteiger partial charge is 0.478 e. The first-order valence-corrected chi connectivity index (χ1v) is 9.18. The number of carbonyl (C=O) groups is 2. The van der Waals surface area contributed by atoms with Gasteiger partial charge in [-0.2, -0.15) is 0 Å². The number of hydrogen-bond acceptors (Lipinski definition) is 2. The minimum Gasteiger partial charge on any atom is -0.478 e. The van der Waals surface area contributed by atoms with E-state index in [9.17, 15) is 9.59 Å². The number of fused-ring (bicyclic) bond motifs is 1. The number of carboxylic acid groups (broad SMARTS) is 1. The molecular formula is C22H22N2O3. The zero-order valence-corrected chi connectivity index (χ0v) is 15.3. The summed E-state index contributed by atoms with van der Waals surface area (Å²) in [4.78, 5) is 25.9. The molecule has 5 heteroatoms. The smallest absolute Gasteiger partial charge is 0.335 e. The Morgan fingerprint density at radius 3 is 2.59 bits per heavy atom. The van der Waals surface area contributed by atoms with Crippen LogP contribution in [0.25, 0.3) is 10.9 Å². The first-order chi connectivity index (χ1) is 13.0. The highest BCUT2D eigenvalue weighted by molar-refractivity contribution is 6.07. The molecule has 5 nitrogen and oxygen atoms in total. The molecule has 3 aromatic rings. The quantitative estimate of drug-likeness (QED) is 0.772. The number of hydrogen-bond donors (Lipinski definition) is 1. The molecule has 1 atom stereocenters. The van der Waals surface area contributed by atoms with Crippen molar-refractivity contribution in [2.75, 3.05) is 13.1 Å². The highest BCUT2D eigenvalue weighted by Crippen LogP contribution is 2.26. The molecule has 0 bridgehead atoms. The Morgan fingerprint density at radius 2 is 1.85 bits per heavy atom. The van der Waals surface area contributed by atoms with E-state index in [1.54, 1.807) is 12.1 Å². The van der Waals surface area contributed by atoms with Crippen molar-refractivity contribution in [2.45, 2.75) is 12.8 Å². The van der Waals surface area contributed by atoms with Crippen molar-refractivity contribution in [3.63, 3.8) is 0 Å². The lowest BCUT2D eigenvalue weighted by Gasteiger charge is -2.16. The van der Waals surface area contributed by atoms with Crippen LogP contribution in [0.1, 0.15) is 32.7 Å². The third-order valence-corrected chi connectivity index (χ3v) is 5.43. The molecule has 1 saturated heterocycles. The molecule has 2 aromatic carbocycles. The summed E-state index contributed by atoms with van der Waals surface area (Å²) in [5.74, 6) is -0.413. The van der Waals surface area contributed by atoms with E-state index in [2.05, 4.69) is 0 Å². The van der Waals surface area contributed by atoms with E-state index in [1.807, 2.05) is 59.1 Å². The lowest BCUT2D eigenvalue weighted by atomic mass is 9.98. The minimum absolute atomic E-state index is 0.0931. The first-order valence-electron chi connectivity index (χ1n) is 9.18. The Bertz CT molecular complexity index is 1000. The van der Waals surface area contributed by atoms with Crippen LogP contribution in [0.3, 0.4) is 0 Å². The fourth-order valence-corrected chi connectivity index (χ4v) is 3.98. The van der Waals surface area contributed by atoms with Crippen LogP contribution in [0, 0.1) is 5.92 Å². The monoisotopic (exact) mass is 362 g/mol. The number of rotatable bonds is 4. The molecule has 4 rings (SSSR count). The summed E-state index contributed by atoms with van der Waals surface area (Å²) >= 11 is 0. The molecule has 1 N–H and O–H groups in total. The number of carboxylic acids is 1. The fraction of sp³-hybridized carbons (Fsp3) is 0.273. The summed E-state index contributed by atoms with van der Waals surface area (Å²) in [6, 6.07) is 15.0. The van der Waals surface area contributed by atoms with E-state index in [-0.39, 0.29) is 5.91 Å². The maximum absolute atomic E-state index is 13.0. The lowest BCUT2D eigenvalue weighted by molar-refractivity contribution is 0.0696. The van der Waals surface area contributed by atoms with Gasteiger partial charge in [0.05, 0.1) is 11.1 Å². The number of benzene rings is 2. The molecule has 0 saturated carbocycles. The van der Waals surface area contributed by atoms with E-state index < -0.39 is 5.97 Å². The molecule has 0 spiro atoms. The third-order valence-electron chi connectivity index (χ3n) is 5.43. The number of aromatic carboxylic acids is 1. The van der Waals surface area contributed by atoms with Gasteiger partial charge in [0.25, 0.3) is 5.91 Å². The molecule has 138 valence electrons. The van der Waals surface area contributed by atoms with Gasteiger partial charge >= 0.3 is 5.97 Å². The summed E-state index contributed by atoms with van der Waals surface area (Å²) in [6.45, 7) is 1.50. The molecular weight excluding hydrogens is 340 g/mol. The van der Waals surface area contributed by atoms with Crippen LogP contribution in [-0.4, -0.2) is 39.5 Å². The van der Waals surface area contributed by atoms with Gasteiger partial charge in [-0.05, 0) is 42.5 Å². The van der Waals surface area contributed by atoms with Crippen molar-refractivity contribution in [1.29, 1.82) is 0 Å². The maximum atomic E-state index is 13.0. The van der Waals surface area contributed by atoms with Crippen LogP contribution < -0.4 is 0 Å². The number of likely N-dealkylation sites (tertiary alicyclic amines) is 1. The van der Waals surface area contributed by atoms with Gasteiger partial charge in [0, 0.05) is 37.2 Å². The Kier molecular flexibility index (Phi) is 4.44. The molecule has 0 unspecified atom stereocenters. The van der Waals surface area contributed by atoms with Crippen LogP contribution in [0.2, 0.25) is 0 Å². The second-order valence-corrected chi connectivity index (χ2v) is 7.28. The van der Waals surface area contributed by atoms with Crippen LogP contribution >= 0.6 is 0 Å². The lowest BCUT2D eigenvalue weighted by Crippen LogP contribution is -2.28. The standard InChI is InChI=1S/C22H22N2O3/c1-23-14-19(18-4-2-3-5-20(18)23)21(25)24-11-10-16(13-24)12-15-6-8-17(9-7-15)22(26)27/h2-9,14,16H,10-13H2,1H3,(H,26,27)/t16-/m1/s1. The van der Waals surface area contributed by atoms with Crippen molar-refractivity contribution in [3.05, 3.63) is 71.4 Å². The van der Waals surface area contributed by atoms with Crippen LogP contribution in [0.15, 0.2) is 54.7 Å². The van der Waals surface area contributed by atoms with Gasteiger partial charge in [-0.25, -0.2) is 4.79 Å². The first kappa shape index (κ1) is 17.3. The second-order valence-electron chi connectivity index (χ2n) is 7.28. The maximum Gasteiger partial charge on any atom is 0.335 e. The van der Waals surface area contributed by atoms with Crippen molar-refractivity contribution < 1.29 is 14.7 Å². The number of nitrogens with zero attached hydrogens (tertiary/aromatic N) is 2. The second kappa shape index (κ2) is 6.91. The average Bonchev–Trinajstić information content (AvgIpc) is 3.27. The highest BCUT2D eigenvalue weighted by Gasteiger charge is 2.28. The van der Waals surface area contributed by atoms with Crippen molar-refractivity contribution in [2.24, 2.45) is 13.0 Å². The number of para-hydroxylation sites is 1. The predicted molar refractivity (Wildman–Crippen MR) is 104 cm³/mol. The molecule has 1 aromatic heterocycles. The van der Waals surface area contributed by atoms with Crippen molar-refractivity contribution >= 4 is 22.8 Å². The van der Waals surface area contributed by atoms with E-state index in [1.165, 1.54) is 0 Å². The van der Waals surface area contributed by atoms with Crippen LogP contribution in [0.5, 0.6) is 0 Å². The van der Waals surface area contributed by atoms with E-state index in [0.29, 0.717) is 11.5 Å². The fourth-order valence-electron chi connectivity index (χ4n) is 3.98. The van der Waals surface area contributed by atoms with Gasteiger partial charge in [-0.1, -0.05) is 30.3 Å². The SMILES string of the molecule is Cn1cc(C(=O)N2CC[C@H](Cc3ccc(C(=O)O)cc3)C2)c2ccccc21. The number of carbonyl (C=O) groups excluding carboxylic acids is 1. The molecule has 2 heterocycles. The van der Waals surface area contributed by atoms with Gasteiger partial charge in [-0.15, -0.1) is 0 Å². The molecule has 0 aliphatic carbocycles. The summed E-state index contributed by atoms with van der Waals surface area (Å²) in [5, 5.41) is 9.99. The van der Waals surface area contributed by atoms with Crippen LogP contribution in [-0.2, 0) is 13.5 Å². The predicted octanol–water partition coefficient (Wildman–Crippen LogP) is 3.58. The average molecular weight is 362 g/mol. The Morgan fingerprint density at radius 1 is 1.11 bits per heavy atom. The van der Waals surface area contributed by atoms with Gasteiger partial charge < -0.3 is 14.6 Å². The van der Waals surface area contributed by atoms with Gasteiger partial charge in [0.2, 0.25) is 0 Å². The number of aromatic nitrogens is 1. The summed E-state index contributed by atoms with van der Waals surface area (Å²) < 4.78 is 2.00. The molecule has 1 aliphatic heterocycles. The van der Waals surface area contributed by atoms with Crippen molar-refractivity contribution in [1.82, 2.24) is 9.47 Å². The topological polar surface area (TPSA) is 62.5 Å². The Balaban J connectivity index is 1.46. The Hall–Kier alpha value is -3.08. The zero-order chi connectivity index (χ0) is 19.0. The van der Waals surface area contributed by atoms with Gasteiger partial charge in [0.15, 0.2) is 0 Å². The van der Waals surface area contributed by atoms with Gasteiger partial charge in [-0.3, -0.25) is 4.79 Å². The number of aryl methyl sites for hydroxylation is 1. The van der Waals surface area contributed by atoms with Crippen LogP contribution in [0.4, 0.5) is 0 Å². The Labute approximate surface area is 157 Å². The summed E-state index contributed by atoms with van der Waals surface area (Å²) in [6.07, 6.45) is 3.75. The zero-order valence-electron chi connectivity index (χ0n) is 15.3. The van der Waals surface area contributed by atoms with E-state index in [4.69, 9.17) is 5.11 Å². The molecule has 27 heavy (non-hydrogen) atoms. The summed E-state index contributed by atoms with van der Waals surface area (Å²) in [7, 11) is 1.96. The van der Waals surface area contributed by atoms with Crippen molar-refractivity contribution in [3.8, 4) is 0 Å². The summed E-state index contributed by atoms with van der Waals surface area (Å²) in [5.41, 5.74) is 3.25. The highest BCUT2D eigenvalue weighted by atomic mass is 16.4. The normalized spacial score (nSPS) is 16.8. The van der Waals surface area contributed by atoms with Gasteiger partial charge in [0.1, 0.15) is 0 Å². The minimum atomic E-state index is -0.908. The number of amides is 1. The molecule has 1 fully saturated rings. The molecule has 0 radical (unpaired) electrons. The third kappa shape index (κ3) is 3.33. The van der Waals surface area contributed by atoms with E-state index in [0.717, 1.165) is 48.0 Å².